The standard InChI is InChI=1S/C20H28O6S/c21-14(12-26-15-9-10-27-13-15)7-8-17-16(18(22)11-19(17)23)5-3-1-2-4-6-20(24)25/h1,3,7-10,13-14,16-19,21-23H,2,4-6,11-12H2,(H,24,25)/b3-1-,8-7+/t14?,16?,17?,18-,19?/m0/s1. The van der Waals surface area contributed by atoms with Crippen molar-refractivity contribution >= 4 is 17.3 Å². The Kier molecular flexibility index (Phi) is 9.00. The number of carboxylic acids is 1. The highest BCUT2D eigenvalue weighted by Crippen LogP contribution is 2.36. The number of aliphatic carboxylic acids is 1. The predicted molar refractivity (Wildman–Crippen MR) is 104 cm³/mol. The molecule has 1 heterocycles. The first-order chi connectivity index (χ1) is 13.0. The largest absolute Gasteiger partial charge is 0.490 e. The Hall–Kier alpha value is -1.67. The van der Waals surface area contributed by atoms with Gasteiger partial charge in [-0.25, -0.2) is 0 Å². The average Bonchev–Trinajstić information content (AvgIpc) is 3.22. The first-order valence-electron chi connectivity index (χ1n) is 9.21. The Morgan fingerprint density at radius 1 is 1.33 bits per heavy atom. The summed E-state index contributed by atoms with van der Waals surface area (Å²) in [5, 5.41) is 42.8. The second kappa shape index (κ2) is 11.2. The molecule has 4 unspecified atom stereocenters. The van der Waals surface area contributed by atoms with E-state index in [0.29, 0.717) is 25.7 Å². The van der Waals surface area contributed by atoms with Gasteiger partial charge in [-0.05, 0) is 36.6 Å². The normalized spacial score (nSPS) is 26.8. The van der Waals surface area contributed by atoms with Crippen molar-refractivity contribution in [3.8, 4) is 5.75 Å². The third kappa shape index (κ3) is 7.46. The Labute approximate surface area is 163 Å². The van der Waals surface area contributed by atoms with Gasteiger partial charge in [-0.15, -0.1) is 11.3 Å². The summed E-state index contributed by atoms with van der Waals surface area (Å²) < 4.78 is 5.46. The van der Waals surface area contributed by atoms with Crippen LogP contribution in [0.15, 0.2) is 41.1 Å². The van der Waals surface area contributed by atoms with Crippen LogP contribution in [0.3, 0.4) is 0 Å². The fraction of sp³-hybridized carbons (Fsp3) is 0.550. The van der Waals surface area contributed by atoms with Crippen LogP contribution in [0.4, 0.5) is 0 Å². The van der Waals surface area contributed by atoms with Crippen LogP contribution < -0.4 is 4.74 Å². The molecular weight excluding hydrogens is 368 g/mol. The van der Waals surface area contributed by atoms with E-state index >= 15 is 0 Å². The molecule has 150 valence electrons. The zero-order valence-electron chi connectivity index (χ0n) is 15.2. The van der Waals surface area contributed by atoms with E-state index in [1.54, 1.807) is 12.2 Å². The minimum absolute atomic E-state index is 0.128. The van der Waals surface area contributed by atoms with Crippen molar-refractivity contribution in [2.75, 3.05) is 6.61 Å². The minimum Gasteiger partial charge on any atom is -0.490 e. The number of ether oxygens (including phenoxy) is 1. The molecule has 0 bridgehead atoms. The van der Waals surface area contributed by atoms with Crippen LogP contribution in [0.2, 0.25) is 0 Å². The maximum atomic E-state index is 10.5. The van der Waals surface area contributed by atoms with E-state index in [1.165, 1.54) is 11.3 Å². The van der Waals surface area contributed by atoms with Crippen LogP contribution in [-0.4, -0.2) is 51.3 Å². The number of rotatable bonds is 11. The summed E-state index contributed by atoms with van der Waals surface area (Å²) in [5.74, 6) is -0.449. The Morgan fingerprint density at radius 2 is 2.15 bits per heavy atom. The number of aliphatic hydroxyl groups excluding tert-OH is 3. The quantitative estimate of drug-likeness (QED) is 0.338. The molecule has 0 saturated heterocycles. The zero-order chi connectivity index (χ0) is 19.6. The van der Waals surface area contributed by atoms with E-state index in [4.69, 9.17) is 9.84 Å². The van der Waals surface area contributed by atoms with E-state index < -0.39 is 24.3 Å². The Morgan fingerprint density at radius 3 is 2.85 bits per heavy atom. The van der Waals surface area contributed by atoms with Crippen LogP contribution in [0.25, 0.3) is 0 Å². The van der Waals surface area contributed by atoms with Gasteiger partial charge in [-0.3, -0.25) is 4.79 Å². The summed E-state index contributed by atoms with van der Waals surface area (Å²) in [6.45, 7) is 0.132. The molecule has 0 radical (unpaired) electrons. The molecule has 1 aromatic rings. The van der Waals surface area contributed by atoms with E-state index in [-0.39, 0.29) is 24.9 Å². The second-order valence-corrected chi connectivity index (χ2v) is 7.61. The Bertz CT molecular complexity index is 612. The van der Waals surface area contributed by atoms with Crippen molar-refractivity contribution < 1.29 is 30.0 Å². The van der Waals surface area contributed by atoms with E-state index in [0.717, 1.165) is 5.75 Å². The molecule has 0 spiro atoms. The molecule has 4 N–H and O–H groups in total. The molecule has 1 aliphatic carbocycles. The summed E-state index contributed by atoms with van der Waals surface area (Å²) in [6, 6.07) is 1.83. The molecule has 5 atom stereocenters. The lowest BCUT2D eigenvalue weighted by molar-refractivity contribution is -0.137. The van der Waals surface area contributed by atoms with Crippen LogP contribution in [0.5, 0.6) is 5.75 Å². The summed E-state index contributed by atoms with van der Waals surface area (Å²) in [6.07, 6.45) is 7.52. The number of carboxylic acid groups (broad SMARTS) is 1. The molecule has 2 rings (SSSR count). The maximum absolute atomic E-state index is 10.5. The maximum Gasteiger partial charge on any atom is 0.303 e. The van der Waals surface area contributed by atoms with Crippen molar-refractivity contribution in [3.05, 3.63) is 41.1 Å². The summed E-state index contributed by atoms with van der Waals surface area (Å²) in [5.41, 5.74) is 0. The van der Waals surface area contributed by atoms with Gasteiger partial charge in [-0.2, -0.15) is 0 Å². The van der Waals surface area contributed by atoms with Gasteiger partial charge in [0.25, 0.3) is 0 Å². The van der Waals surface area contributed by atoms with Crippen molar-refractivity contribution in [3.63, 3.8) is 0 Å². The molecule has 0 amide bonds. The molecule has 1 aromatic heterocycles. The van der Waals surface area contributed by atoms with Crippen LogP contribution in [0, 0.1) is 11.8 Å². The molecular formula is C20H28O6S. The van der Waals surface area contributed by atoms with E-state index in [2.05, 4.69) is 0 Å². The lowest BCUT2D eigenvalue weighted by Gasteiger charge is -2.19. The smallest absolute Gasteiger partial charge is 0.303 e. The summed E-state index contributed by atoms with van der Waals surface area (Å²) in [4.78, 5) is 10.5. The van der Waals surface area contributed by atoms with Gasteiger partial charge >= 0.3 is 5.97 Å². The lowest BCUT2D eigenvalue weighted by atomic mass is 9.89. The first-order valence-corrected chi connectivity index (χ1v) is 10.2. The number of hydrogen-bond acceptors (Lipinski definition) is 6. The minimum atomic E-state index is -0.801. The molecule has 7 heteroatoms. The van der Waals surface area contributed by atoms with Crippen LogP contribution in [0.1, 0.15) is 32.1 Å². The molecule has 1 fully saturated rings. The summed E-state index contributed by atoms with van der Waals surface area (Å²) >= 11 is 1.52. The van der Waals surface area contributed by atoms with Gasteiger partial charge in [0, 0.05) is 24.1 Å². The van der Waals surface area contributed by atoms with Crippen LogP contribution >= 0.6 is 11.3 Å². The summed E-state index contributed by atoms with van der Waals surface area (Å²) in [7, 11) is 0. The molecule has 27 heavy (non-hydrogen) atoms. The molecule has 0 aliphatic heterocycles. The lowest BCUT2D eigenvalue weighted by Crippen LogP contribution is -2.21. The fourth-order valence-corrected chi connectivity index (χ4v) is 3.85. The highest BCUT2D eigenvalue weighted by atomic mass is 32.1. The third-order valence-electron chi connectivity index (χ3n) is 4.72. The number of carbonyl (C=O) groups is 1. The molecule has 0 aromatic carbocycles. The van der Waals surface area contributed by atoms with Crippen molar-refractivity contribution in [1.82, 2.24) is 0 Å². The van der Waals surface area contributed by atoms with Crippen molar-refractivity contribution in [2.45, 2.75) is 50.4 Å². The van der Waals surface area contributed by atoms with E-state index in [1.807, 2.05) is 29.0 Å². The molecule has 6 nitrogen and oxygen atoms in total. The third-order valence-corrected chi connectivity index (χ3v) is 5.39. The van der Waals surface area contributed by atoms with Crippen molar-refractivity contribution in [2.24, 2.45) is 11.8 Å². The monoisotopic (exact) mass is 396 g/mol. The second-order valence-electron chi connectivity index (χ2n) is 6.83. The topological polar surface area (TPSA) is 107 Å². The first kappa shape index (κ1) is 21.6. The molecule has 1 aliphatic rings. The van der Waals surface area contributed by atoms with Gasteiger partial charge in [0.15, 0.2) is 0 Å². The van der Waals surface area contributed by atoms with Crippen LogP contribution in [-0.2, 0) is 4.79 Å². The highest BCUT2D eigenvalue weighted by Gasteiger charge is 2.39. The number of thiophene rings is 1. The van der Waals surface area contributed by atoms with Gasteiger partial charge in [0.2, 0.25) is 0 Å². The number of hydrogen-bond donors (Lipinski definition) is 4. The highest BCUT2D eigenvalue weighted by molar-refractivity contribution is 7.08. The Balaban J connectivity index is 1.81. The molecule has 1 saturated carbocycles. The number of unbranched alkanes of at least 4 members (excludes halogenated alkanes) is 1. The van der Waals surface area contributed by atoms with Gasteiger partial charge < -0.3 is 25.2 Å². The van der Waals surface area contributed by atoms with Gasteiger partial charge in [0.1, 0.15) is 18.5 Å². The fourth-order valence-electron chi connectivity index (χ4n) is 3.28. The average molecular weight is 397 g/mol. The zero-order valence-corrected chi connectivity index (χ0v) is 16.0. The van der Waals surface area contributed by atoms with E-state index in [9.17, 15) is 20.1 Å². The van der Waals surface area contributed by atoms with Gasteiger partial charge in [-0.1, -0.05) is 24.3 Å². The van der Waals surface area contributed by atoms with Crippen molar-refractivity contribution in [1.29, 1.82) is 0 Å². The SMILES string of the molecule is O=C(O)CCC/C=C\CC1C(/C=C/C(O)COc2ccsc2)C(O)C[C@@H]1O. The van der Waals surface area contributed by atoms with Gasteiger partial charge in [0.05, 0.1) is 12.2 Å². The predicted octanol–water partition coefficient (Wildman–Crippen LogP) is 2.60. The number of aliphatic hydroxyl groups is 3. The number of allylic oxidation sites excluding steroid dienone is 2.